The van der Waals surface area contributed by atoms with Gasteiger partial charge in [0.05, 0.1) is 12.2 Å². The maximum absolute atomic E-state index is 12.0. The van der Waals surface area contributed by atoms with E-state index in [4.69, 9.17) is 0 Å². The molecule has 17 heavy (non-hydrogen) atoms. The molecule has 0 aliphatic heterocycles. The molecule has 0 aromatic heterocycles. The molecule has 0 aliphatic carbocycles. The van der Waals surface area contributed by atoms with Crippen LogP contribution in [0.1, 0.15) is 40.0 Å². The van der Waals surface area contributed by atoms with Crippen LogP contribution in [0.2, 0.25) is 0 Å². The van der Waals surface area contributed by atoms with Crippen molar-refractivity contribution in [2.75, 3.05) is 12.3 Å². The molecule has 0 unspecified atom stereocenters. The fourth-order valence-electron chi connectivity index (χ4n) is 1.39. The highest BCUT2D eigenvalue weighted by molar-refractivity contribution is 7.89. The number of halogens is 3. The lowest BCUT2D eigenvalue weighted by Crippen LogP contribution is -2.40. The van der Waals surface area contributed by atoms with E-state index in [1.54, 1.807) is 13.8 Å². The molecule has 0 fully saturated rings. The van der Waals surface area contributed by atoms with E-state index < -0.39 is 28.4 Å². The highest BCUT2D eigenvalue weighted by Crippen LogP contribution is 2.22. The SMILES string of the molecule is CCCCN(C(C)C)S(=O)(=O)CCC(F)(F)F. The molecule has 0 amide bonds. The van der Waals surface area contributed by atoms with Gasteiger partial charge in [-0.05, 0) is 20.3 Å². The molecule has 0 saturated carbocycles. The Balaban J connectivity index is 4.61. The highest BCUT2D eigenvalue weighted by atomic mass is 32.2. The maximum Gasteiger partial charge on any atom is 0.390 e. The Morgan fingerprint density at radius 2 is 1.76 bits per heavy atom. The number of hydrogen-bond acceptors (Lipinski definition) is 2. The van der Waals surface area contributed by atoms with E-state index in [1.165, 1.54) is 0 Å². The van der Waals surface area contributed by atoms with E-state index in [1.807, 2.05) is 6.92 Å². The van der Waals surface area contributed by atoms with Crippen LogP contribution < -0.4 is 0 Å². The topological polar surface area (TPSA) is 37.4 Å². The molecule has 0 heterocycles. The molecule has 0 bridgehead atoms. The third-order valence-electron chi connectivity index (χ3n) is 2.31. The largest absolute Gasteiger partial charge is 0.390 e. The maximum atomic E-state index is 12.0. The first kappa shape index (κ1) is 16.7. The predicted octanol–water partition coefficient (Wildman–Crippen LogP) is 2.78. The summed E-state index contributed by atoms with van der Waals surface area (Å²) in [7, 11) is -3.81. The van der Waals surface area contributed by atoms with E-state index in [2.05, 4.69) is 0 Å². The van der Waals surface area contributed by atoms with E-state index in [0.29, 0.717) is 6.42 Å². The van der Waals surface area contributed by atoms with E-state index in [0.717, 1.165) is 10.7 Å². The molecule has 0 aromatic carbocycles. The van der Waals surface area contributed by atoms with Crippen molar-refractivity contribution >= 4 is 10.0 Å². The van der Waals surface area contributed by atoms with Gasteiger partial charge in [0.2, 0.25) is 10.0 Å². The van der Waals surface area contributed by atoms with Crippen LogP contribution in [0.5, 0.6) is 0 Å². The first-order chi connectivity index (χ1) is 7.60. The van der Waals surface area contributed by atoms with Gasteiger partial charge in [-0.2, -0.15) is 17.5 Å². The lowest BCUT2D eigenvalue weighted by molar-refractivity contribution is -0.130. The Morgan fingerprint density at radius 1 is 1.24 bits per heavy atom. The summed E-state index contributed by atoms with van der Waals surface area (Å²) in [5, 5.41) is 0. The van der Waals surface area contributed by atoms with Gasteiger partial charge in [0.15, 0.2) is 0 Å². The molecule has 0 aromatic rings. The molecule has 3 nitrogen and oxygen atoms in total. The van der Waals surface area contributed by atoms with Gasteiger partial charge in [0.1, 0.15) is 0 Å². The molecular weight excluding hydrogens is 255 g/mol. The molecule has 0 saturated heterocycles. The van der Waals surface area contributed by atoms with Gasteiger partial charge in [-0.1, -0.05) is 13.3 Å². The summed E-state index contributed by atoms with van der Waals surface area (Å²) in [4.78, 5) is 0. The van der Waals surface area contributed by atoms with Crippen molar-refractivity contribution in [1.82, 2.24) is 4.31 Å². The van der Waals surface area contributed by atoms with Crippen molar-refractivity contribution in [1.29, 1.82) is 0 Å². The quantitative estimate of drug-likeness (QED) is 0.716. The Labute approximate surface area is 101 Å². The van der Waals surface area contributed by atoms with Gasteiger partial charge in [-0.3, -0.25) is 0 Å². The van der Waals surface area contributed by atoms with Crippen molar-refractivity contribution in [3.8, 4) is 0 Å². The van der Waals surface area contributed by atoms with E-state index >= 15 is 0 Å². The van der Waals surface area contributed by atoms with Gasteiger partial charge in [0, 0.05) is 12.6 Å². The predicted molar refractivity (Wildman–Crippen MR) is 61.2 cm³/mol. The molecule has 0 atom stereocenters. The van der Waals surface area contributed by atoms with Gasteiger partial charge >= 0.3 is 6.18 Å². The van der Waals surface area contributed by atoms with Crippen molar-refractivity contribution < 1.29 is 21.6 Å². The normalized spacial score (nSPS) is 13.6. The first-order valence-electron chi connectivity index (χ1n) is 5.66. The highest BCUT2D eigenvalue weighted by Gasteiger charge is 2.33. The van der Waals surface area contributed by atoms with Crippen molar-refractivity contribution in [2.45, 2.75) is 52.3 Å². The lowest BCUT2D eigenvalue weighted by atomic mass is 10.3. The zero-order chi connectivity index (χ0) is 13.7. The van der Waals surface area contributed by atoms with Gasteiger partial charge in [-0.15, -0.1) is 0 Å². The zero-order valence-electron chi connectivity index (χ0n) is 10.4. The third kappa shape index (κ3) is 6.88. The summed E-state index contributed by atoms with van der Waals surface area (Å²) in [6, 6.07) is -0.306. The average Bonchev–Trinajstić information content (AvgIpc) is 2.14. The summed E-state index contributed by atoms with van der Waals surface area (Å²) in [6.45, 7) is 5.52. The van der Waals surface area contributed by atoms with Crippen LogP contribution in [0.15, 0.2) is 0 Å². The summed E-state index contributed by atoms with van der Waals surface area (Å²) in [5.41, 5.74) is 0. The van der Waals surface area contributed by atoms with Crippen LogP contribution in [0.3, 0.4) is 0 Å². The summed E-state index contributed by atoms with van der Waals surface area (Å²) in [6.07, 6.45) is -4.26. The second-order valence-corrected chi connectivity index (χ2v) is 6.28. The van der Waals surface area contributed by atoms with Crippen LogP contribution in [0.4, 0.5) is 13.2 Å². The third-order valence-corrected chi connectivity index (χ3v) is 4.35. The second-order valence-electron chi connectivity index (χ2n) is 4.24. The molecule has 0 radical (unpaired) electrons. The molecule has 0 N–H and O–H groups in total. The Morgan fingerprint density at radius 3 is 2.12 bits per heavy atom. The first-order valence-corrected chi connectivity index (χ1v) is 7.27. The minimum absolute atomic E-state index is 0.286. The molecule has 7 heteroatoms. The number of sulfonamides is 1. The molecule has 0 aliphatic rings. The minimum Gasteiger partial charge on any atom is -0.212 e. The van der Waals surface area contributed by atoms with Crippen LogP contribution in [-0.2, 0) is 10.0 Å². The molecule has 104 valence electrons. The summed E-state index contributed by atoms with van der Waals surface area (Å²) >= 11 is 0. The van der Waals surface area contributed by atoms with Crippen molar-refractivity contribution in [3.63, 3.8) is 0 Å². The Kier molecular flexibility index (Phi) is 6.47. The van der Waals surface area contributed by atoms with Crippen molar-refractivity contribution in [2.24, 2.45) is 0 Å². The summed E-state index contributed by atoms with van der Waals surface area (Å²) in [5.74, 6) is -0.863. The monoisotopic (exact) mass is 275 g/mol. The average molecular weight is 275 g/mol. The smallest absolute Gasteiger partial charge is 0.212 e. The standard InChI is InChI=1S/C10H20F3NO2S/c1-4-5-7-14(9(2)3)17(15,16)8-6-10(11,12)13/h9H,4-8H2,1-3H3. The van der Waals surface area contributed by atoms with Crippen molar-refractivity contribution in [3.05, 3.63) is 0 Å². The fourth-order valence-corrected chi connectivity index (χ4v) is 3.17. The minimum atomic E-state index is -4.43. The number of alkyl halides is 3. The van der Waals surface area contributed by atoms with Gasteiger partial charge in [0.25, 0.3) is 0 Å². The van der Waals surface area contributed by atoms with Gasteiger partial charge < -0.3 is 0 Å². The van der Waals surface area contributed by atoms with Crippen LogP contribution in [0.25, 0.3) is 0 Å². The fraction of sp³-hybridized carbons (Fsp3) is 1.00. The van der Waals surface area contributed by atoms with E-state index in [9.17, 15) is 21.6 Å². The number of hydrogen-bond donors (Lipinski definition) is 0. The number of nitrogens with zero attached hydrogens (tertiary/aromatic N) is 1. The molecule has 0 rings (SSSR count). The number of unbranched alkanes of at least 4 members (excludes halogenated alkanes) is 1. The van der Waals surface area contributed by atoms with Gasteiger partial charge in [-0.25, -0.2) is 8.42 Å². The second kappa shape index (κ2) is 6.58. The van der Waals surface area contributed by atoms with Crippen LogP contribution in [0, 0.1) is 0 Å². The lowest BCUT2D eigenvalue weighted by Gasteiger charge is -2.26. The summed E-state index contributed by atoms with van der Waals surface area (Å²) < 4.78 is 60.7. The van der Waals surface area contributed by atoms with E-state index in [-0.39, 0.29) is 12.6 Å². The number of rotatable bonds is 7. The van der Waals surface area contributed by atoms with Crippen LogP contribution >= 0.6 is 0 Å². The zero-order valence-corrected chi connectivity index (χ0v) is 11.2. The molecular formula is C10H20F3NO2S. The Bertz CT molecular complexity index is 312. The molecule has 0 spiro atoms. The van der Waals surface area contributed by atoms with Crippen LogP contribution in [-0.4, -0.2) is 37.2 Å². The Hall–Kier alpha value is -0.300.